The zero-order chi connectivity index (χ0) is 9.47. The van der Waals surface area contributed by atoms with Crippen molar-refractivity contribution in [2.75, 3.05) is 6.61 Å². The molecule has 1 atom stereocenters. The first-order valence-corrected chi connectivity index (χ1v) is 4.65. The van der Waals surface area contributed by atoms with Crippen LogP contribution < -0.4 is 5.73 Å². The van der Waals surface area contributed by atoms with E-state index in [0.29, 0.717) is 0 Å². The zero-order valence-electron chi connectivity index (χ0n) is 7.88. The van der Waals surface area contributed by atoms with E-state index < -0.39 is 5.54 Å². The number of fused-ring (bicyclic) bond motifs is 1. The predicted molar refractivity (Wildman–Crippen MR) is 52.5 cm³/mol. The van der Waals surface area contributed by atoms with E-state index in [1.807, 2.05) is 0 Å². The molecule has 2 heteroatoms. The molecule has 70 valence electrons. The SMILES string of the molecule is Cc1ccc2c(c1)C(N)(CO)CC2. The maximum atomic E-state index is 9.24. The van der Waals surface area contributed by atoms with Crippen molar-refractivity contribution in [3.63, 3.8) is 0 Å². The summed E-state index contributed by atoms with van der Waals surface area (Å²) in [6.07, 6.45) is 1.86. The van der Waals surface area contributed by atoms with Gasteiger partial charge in [-0.2, -0.15) is 0 Å². The molecule has 0 heterocycles. The Morgan fingerprint density at radius 2 is 2.31 bits per heavy atom. The summed E-state index contributed by atoms with van der Waals surface area (Å²) in [6, 6.07) is 6.31. The maximum absolute atomic E-state index is 9.24. The second-order valence-electron chi connectivity index (χ2n) is 3.97. The molecule has 0 aliphatic heterocycles. The van der Waals surface area contributed by atoms with Gasteiger partial charge in [-0.05, 0) is 30.9 Å². The molecule has 13 heavy (non-hydrogen) atoms. The number of hydrogen-bond acceptors (Lipinski definition) is 2. The quantitative estimate of drug-likeness (QED) is 0.674. The van der Waals surface area contributed by atoms with Crippen LogP contribution >= 0.6 is 0 Å². The fourth-order valence-electron chi connectivity index (χ4n) is 2.03. The average Bonchev–Trinajstić information content (AvgIpc) is 2.45. The standard InChI is InChI=1S/C11H15NO/c1-8-2-3-9-4-5-11(12,7-13)10(9)6-8/h2-3,6,13H,4-5,7,12H2,1H3. The molecule has 1 unspecified atom stereocenters. The third-order valence-electron chi connectivity index (χ3n) is 2.92. The van der Waals surface area contributed by atoms with Crippen molar-refractivity contribution in [3.05, 3.63) is 34.9 Å². The molecule has 1 aliphatic rings. The Bertz CT molecular complexity index is 335. The molecular weight excluding hydrogens is 162 g/mol. The van der Waals surface area contributed by atoms with Gasteiger partial charge in [0.1, 0.15) is 0 Å². The van der Waals surface area contributed by atoms with Crippen molar-refractivity contribution in [1.29, 1.82) is 0 Å². The highest BCUT2D eigenvalue weighted by Gasteiger charge is 2.33. The summed E-state index contributed by atoms with van der Waals surface area (Å²) in [5.41, 5.74) is 9.24. The summed E-state index contributed by atoms with van der Waals surface area (Å²) in [6.45, 7) is 2.10. The first-order valence-electron chi connectivity index (χ1n) is 4.65. The minimum Gasteiger partial charge on any atom is -0.394 e. The van der Waals surface area contributed by atoms with Gasteiger partial charge in [-0.3, -0.25) is 0 Å². The topological polar surface area (TPSA) is 46.2 Å². The van der Waals surface area contributed by atoms with Crippen molar-refractivity contribution in [1.82, 2.24) is 0 Å². The highest BCUT2D eigenvalue weighted by molar-refractivity contribution is 5.41. The summed E-state index contributed by atoms with van der Waals surface area (Å²) < 4.78 is 0. The monoisotopic (exact) mass is 177 g/mol. The molecular formula is C11H15NO. The molecule has 0 aromatic heterocycles. The Morgan fingerprint density at radius 3 is 3.00 bits per heavy atom. The number of aryl methyl sites for hydroxylation is 2. The fraction of sp³-hybridized carbons (Fsp3) is 0.455. The van der Waals surface area contributed by atoms with Gasteiger partial charge in [-0.1, -0.05) is 23.8 Å². The van der Waals surface area contributed by atoms with Gasteiger partial charge in [-0.25, -0.2) is 0 Å². The van der Waals surface area contributed by atoms with Crippen molar-refractivity contribution < 1.29 is 5.11 Å². The van der Waals surface area contributed by atoms with Crippen molar-refractivity contribution in [2.45, 2.75) is 25.3 Å². The smallest absolute Gasteiger partial charge is 0.0653 e. The lowest BCUT2D eigenvalue weighted by atomic mass is 9.93. The van der Waals surface area contributed by atoms with Crippen LogP contribution in [0.2, 0.25) is 0 Å². The molecule has 1 aliphatic carbocycles. The highest BCUT2D eigenvalue weighted by atomic mass is 16.3. The molecule has 0 spiro atoms. The second-order valence-corrected chi connectivity index (χ2v) is 3.97. The maximum Gasteiger partial charge on any atom is 0.0653 e. The molecule has 2 rings (SSSR count). The van der Waals surface area contributed by atoms with Crippen molar-refractivity contribution >= 4 is 0 Å². The van der Waals surface area contributed by atoms with Crippen LogP contribution in [0.25, 0.3) is 0 Å². The molecule has 0 amide bonds. The van der Waals surface area contributed by atoms with Gasteiger partial charge >= 0.3 is 0 Å². The lowest BCUT2D eigenvalue weighted by molar-refractivity contribution is 0.197. The van der Waals surface area contributed by atoms with E-state index in [1.54, 1.807) is 0 Å². The zero-order valence-corrected chi connectivity index (χ0v) is 7.88. The van der Waals surface area contributed by atoms with Crippen LogP contribution in [0.3, 0.4) is 0 Å². The normalized spacial score (nSPS) is 26.1. The van der Waals surface area contributed by atoms with Gasteiger partial charge in [0, 0.05) is 0 Å². The Morgan fingerprint density at radius 1 is 1.54 bits per heavy atom. The molecule has 1 aromatic rings. The number of aliphatic hydroxyl groups is 1. The van der Waals surface area contributed by atoms with Gasteiger partial charge in [0.15, 0.2) is 0 Å². The largest absolute Gasteiger partial charge is 0.394 e. The summed E-state index contributed by atoms with van der Waals surface area (Å²) in [4.78, 5) is 0. The second kappa shape index (κ2) is 2.82. The number of hydrogen-bond donors (Lipinski definition) is 2. The minimum absolute atomic E-state index is 0.0451. The fourth-order valence-corrected chi connectivity index (χ4v) is 2.03. The van der Waals surface area contributed by atoms with E-state index in [2.05, 4.69) is 25.1 Å². The Hall–Kier alpha value is -0.860. The van der Waals surface area contributed by atoms with Crippen molar-refractivity contribution in [3.8, 4) is 0 Å². The lowest BCUT2D eigenvalue weighted by Gasteiger charge is -2.22. The summed E-state index contributed by atoms with van der Waals surface area (Å²) >= 11 is 0. The minimum atomic E-state index is -0.485. The summed E-state index contributed by atoms with van der Waals surface area (Å²) in [7, 11) is 0. The van der Waals surface area contributed by atoms with E-state index in [9.17, 15) is 5.11 Å². The van der Waals surface area contributed by atoms with Crippen LogP contribution in [0.4, 0.5) is 0 Å². The van der Waals surface area contributed by atoms with Gasteiger partial charge in [-0.15, -0.1) is 0 Å². The van der Waals surface area contributed by atoms with Crippen LogP contribution in [-0.4, -0.2) is 11.7 Å². The van der Waals surface area contributed by atoms with E-state index in [1.165, 1.54) is 11.1 Å². The molecule has 1 aromatic carbocycles. The molecule has 3 N–H and O–H groups in total. The molecule has 0 bridgehead atoms. The third-order valence-corrected chi connectivity index (χ3v) is 2.92. The van der Waals surface area contributed by atoms with E-state index in [-0.39, 0.29) is 6.61 Å². The first-order chi connectivity index (χ1) is 6.15. The van der Waals surface area contributed by atoms with E-state index in [0.717, 1.165) is 18.4 Å². The molecule has 0 fully saturated rings. The van der Waals surface area contributed by atoms with Crippen LogP contribution in [0, 0.1) is 6.92 Å². The number of benzene rings is 1. The van der Waals surface area contributed by atoms with Gasteiger partial charge in [0.05, 0.1) is 12.1 Å². The van der Waals surface area contributed by atoms with Crippen LogP contribution in [-0.2, 0) is 12.0 Å². The van der Waals surface area contributed by atoms with Crippen LogP contribution in [0.1, 0.15) is 23.1 Å². The molecule has 2 nitrogen and oxygen atoms in total. The highest BCUT2D eigenvalue weighted by Crippen LogP contribution is 2.34. The Labute approximate surface area is 78.4 Å². The van der Waals surface area contributed by atoms with Crippen LogP contribution in [0.5, 0.6) is 0 Å². The molecule has 0 radical (unpaired) electrons. The van der Waals surface area contributed by atoms with Gasteiger partial charge < -0.3 is 10.8 Å². The van der Waals surface area contributed by atoms with E-state index >= 15 is 0 Å². The Kier molecular flexibility index (Phi) is 1.90. The predicted octanol–water partition coefficient (Wildman–Crippen LogP) is 1.09. The number of aliphatic hydroxyl groups excluding tert-OH is 1. The van der Waals surface area contributed by atoms with Gasteiger partial charge in [0.25, 0.3) is 0 Å². The van der Waals surface area contributed by atoms with E-state index in [4.69, 9.17) is 5.73 Å². The Balaban J connectivity index is 2.52. The summed E-state index contributed by atoms with van der Waals surface area (Å²) in [5.74, 6) is 0. The number of rotatable bonds is 1. The summed E-state index contributed by atoms with van der Waals surface area (Å²) in [5, 5.41) is 9.24. The molecule has 0 saturated carbocycles. The van der Waals surface area contributed by atoms with Crippen molar-refractivity contribution in [2.24, 2.45) is 5.73 Å². The van der Waals surface area contributed by atoms with Gasteiger partial charge in [0.2, 0.25) is 0 Å². The lowest BCUT2D eigenvalue weighted by Crippen LogP contribution is -2.38. The van der Waals surface area contributed by atoms with Crippen LogP contribution in [0.15, 0.2) is 18.2 Å². The number of nitrogens with two attached hydrogens (primary N) is 1. The first kappa shape index (κ1) is 8.73. The molecule has 0 saturated heterocycles. The average molecular weight is 177 g/mol. The third kappa shape index (κ3) is 1.26.